The number of halogens is 3. The lowest BCUT2D eigenvalue weighted by atomic mass is 9.91. The summed E-state index contributed by atoms with van der Waals surface area (Å²) >= 11 is 3.41. The Morgan fingerprint density at radius 2 is 1.92 bits per heavy atom. The van der Waals surface area contributed by atoms with Crippen molar-refractivity contribution in [3.8, 4) is 0 Å². The number of nitrogens with two attached hydrogens (primary N) is 1. The maximum Gasteiger partial charge on any atom is 0.247 e. The summed E-state index contributed by atoms with van der Waals surface area (Å²) in [6.07, 6.45) is 0. The van der Waals surface area contributed by atoms with Crippen molar-refractivity contribution < 1.29 is 9.53 Å². The van der Waals surface area contributed by atoms with Gasteiger partial charge in [0, 0.05) is 43.8 Å². The minimum Gasteiger partial charge on any atom is -0.383 e. The largest absolute Gasteiger partial charge is 0.383 e. The van der Waals surface area contributed by atoms with Crippen LogP contribution in [0.3, 0.4) is 0 Å². The van der Waals surface area contributed by atoms with E-state index in [1.165, 1.54) is 0 Å². The molecule has 2 N–H and O–H groups in total. The minimum absolute atomic E-state index is 0. The highest BCUT2D eigenvalue weighted by atomic mass is 79.9. The third kappa shape index (κ3) is 6.08. The van der Waals surface area contributed by atoms with Crippen molar-refractivity contribution in [1.82, 2.24) is 9.80 Å². The van der Waals surface area contributed by atoms with E-state index >= 15 is 0 Å². The van der Waals surface area contributed by atoms with Crippen molar-refractivity contribution >= 4 is 46.7 Å². The minimum atomic E-state index is -1.00. The van der Waals surface area contributed by atoms with Crippen molar-refractivity contribution in [3.63, 3.8) is 0 Å². The predicted molar refractivity (Wildman–Crippen MR) is 110 cm³/mol. The van der Waals surface area contributed by atoms with Gasteiger partial charge >= 0.3 is 0 Å². The molecule has 0 radical (unpaired) electrons. The summed E-state index contributed by atoms with van der Waals surface area (Å²) in [5.74, 6) is -0.0157. The molecule has 0 spiro atoms. The molecule has 1 aliphatic heterocycles. The summed E-state index contributed by atoms with van der Waals surface area (Å²) < 4.78 is 6.12. The topological polar surface area (TPSA) is 58.8 Å². The third-order valence-corrected chi connectivity index (χ3v) is 5.05. The van der Waals surface area contributed by atoms with Gasteiger partial charge in [-0.3, -0.25) is 9.69 Å². The lowest BCUT2D eigenvalue weighted by Crippen LogP contribution is -2.59. The molecule has 0 saturated carbocycles. The molecule has 5 nitrogen and oxygen atoms in total. The molecular formula is C17H28BrCl2N3O2. The van der Waals surface area contributed by atoms with Crippen LogP contribution < -0.4 is 5.73 Å². The van der Waals surface area contributed by atoms with Crippen molar-refractivity contribution in [2.45, 2.75) is 25.4 Å². The van der Waals surface area contributed by atoms with Gasteiger partial charge in [0.15, 0.2) is 0 Å². The lowest BCUT2D eigenvalue weighted by Gasteiger charge is -2.42. The maximum atomic E-state index is 12.9. The van der Waals surface area contributed by atoms with Crippen molar-refractivity contribution in [2.24, 2.45) is 5.73 Å². The molecule has 8 heteroatoms. The zero-order chi connectivity index (χ0) is 17.0. The highest BCUT2D eigenvalue weighted by Gasteiger charge is 2.37. The monoisotopic (exact) mass is 455 g/mol. The maximum absolute atomic E-state index is 12.9. The Hall–Kier alpha value is -0.370. The fourth-order valence-corrected chi connectivity index (χ4v) is 3.23. The molecule has 144 valence electrons. The van der Waals surface area contributed by atoms with Crippen LogP contribution in [0, 0.1) is 0 Å². The normalized spacial score (nSPS) is 20.2. The average Bonchev–Trinajstić information content (AvgIpc) is 2.53. The molecule has 1 fully saturated rings. The molecule has 1 aromatic rings. The quantitative estimate of drug-likeness (QED) is 0.739. The van der Waals surface area contributed by atoms with Crippen LogP contribution in [0.5, 0.6) is 0 Å². The van der Waals surface area contributed by atoms with Gasteiger partial charge in [0.25, 0.3) is 0 Å². The second-order valence-corrected chi connectivity index (χ2v) is 7.25. The molecule has 1 saturated heterocycles. The SMILES string of the molecule is COCCN1CCN(C(=O)C(C)(N)c2ccc(Br)cc2)CC1C.Cl.Cl. The first-order valence-corrected chi connectivity index (χ1v) is 8.73. The van der Waals surface area contributed by atoms with Gasteiger partial charge in [-0.25, -0.2) is 0 Å². The summed E-state index contributed by atoms with van der Waals surface area (Å²) in [7, 11) is 1.71. The van der Waals surface area contributed by atoms with Crippen LogP contribution in [0.25, 0.3) is 0 Å². The summed E-state index contributed by atoms with van der Waals surface area (Å²) in [5, 5.41) is 0. The number of carbonyl (C=O) groups is 1. The molecule has 1 amide bonds. The third-order valence-electron chi connectivity index (χ3n) is 4.52. The molecule has 1 heterocycles. The number of methoxy groups -OCH3 is 1. The number of benzene rings is 1. The van der Waals surface area contributed by atoms with E-state index in [9.17, 15) is 4.79 Å². The second-order valence-electron chi connectivity index (χ2n) is 6.34. The second kappa shape index (κ2) is 10.7. The Morgan fingerprint density at radius 1 is 1.32 bits per heavy atom. The predicted octanol–water partition coefficient (Wildman–Crippen LogP) is 2.65. The summed E-state index contributed by atoms with van der Waals surface area (Å²) in [6.45, 7) is 7.80. The molecular weight excluding hydrogens is 429 g/mol. The van der Waals surface area contributed by atoms with Crippen molar-refractivity contribution in [1.29, 1.82) is 0 Å². The van der Waals surface area contributed by atoms with Gasteiger partial charge in [-0.05, 0) is 31.5 Å². The number of ether oxygens (including phenoxy) is 1. The van der Waals surface area contributed by atoms with Crippen LogP contribution in [0.15, 0.2) is 28.7 Å². The molecule has 0 aliphatic carbocycles. The Labute approximate surface area is 171 Å². The zero-order valence-electron chi connectivity index (χ0n) is 14.9. The molecule has 1 aromatic carbocycles. The molecule has 1 aliphatic rings. The standard InChI is InChI=1S/C17H26BrN3O2.2ClH/c1-13-12-21(9-8-20(13)10-11-23-3)16(22)17(2,19)14-4-6-15(18)7-5-14;;/h4-7,13H,8-12,19H2,1-3H3;2*1H. The highest BCUT2D eigenvalue weighted by Crippen LogP contribution is 2.24. The summed E-state index contributed by atoms with van der Waals surface area (Å²) in [4.78, 5) is 17.2. The van der Waals surface area contributed by atoms with E-state index in [1.54, 1.807) is 14.0 Å². The number of hydrogen-bond acceptors (Lipinski definition) is 4. The zero-order valence-corrected chi connectivity index (χ0v) is 18.1. The van der Waals surface area contributed by atoms with Crippen molar-refractivity contribution in [2.75, 3.05) is 39.9 Å². The molecule has 2 atom stereocenters. The summed E-state index contributed by atoms with van der Waals surface area (Å²) in [6, 6.07) is 7.95. The van der Waals surface area contributed by atoms with E-state index < -0.39 is 5.54 Å². The van der Waals surface area contributed by atoms with Crippen LogP contribution in [-0.4, -0.2) is 61.6 Å². The van der Waals surface area contributed by atoms with Crippen molar-refractivity contribution in [3.05, 3.63) is 34.3 Å². The molecule has 0 aromatic heterocycles. The Morgan fingerprint density at radius 3 is 2.44 bits per heavy atom. The first-order chi connectivity index (χ1) is 10.9. The van der Waals surface area contributed by atoms with Gasteiger partial charge in [-0.1, -0.05) is 28.1 Å². The molecule has 2 rings (SSSR count). The number of rotatable bonds is 5. The Bertz CT molecular complexity index is 543. The highest BCUT2D eigenvalue weighted by molar-refractivity contribution is 9.10. The Balaban J connectivity index is 0.00000288. The van der Waals surface area contributed by atoms with Crippen LogP contribution in [-0.2, 0) is 15.1 Å². The average molecular weight is 457 g/mol. The van der Waals surface area contributed by atoms with E-state index in [2.05, 4.69) is 27.8 Å². The summed E-state index contributed by atoms with van der Waals surface area (Å²) in [5.41, 5.74) is 6.21. The number of amides is 1. The molecule has 2 unspecified atom stereocenters. The van der Waals surface area contributed by atoms with Gasteiger partial charge in [-0.15, -0.1) is 24.8 Å². The van der Waals surface area contributed by atoms with Gasteiger partial charge in [0.2, 0.25) is 5.91 Å². The van der Waals surface area contributed by atoms with Gasteiger partial charge in [0.1, 0.15) is 5.54 Å². The van der Waals surface area contributed by atoms with Crippen LogP contribution in [0.4, 0.5) is 0 Å². The number of carbonyl (C=O) groups excluding carboxylic acids is 1. The fourth-order valence-electron chi connectivity index (χ4n) is 2.97. The lowest BCUT2D eigenvalue weighted by molar-refractivity contribution is -0.139. The Kier molecular flexibility index (Phi) is 10.5. The van der Waals surface area contributed by atoms with Crippen LogP contribution in [0.2, 0.25) is 0 Å². The number of nitrogens with zero attached hydrogens (tertiary/aromatic N) is 2. The van der Waals surface area contributed by atoms with E-state index in [-0.39, 0.29) is 30.7 Å². The van der Waals surface area contributed by atoms with Gasteiger partial charge in [0.05, 0.1) is 6.61 Å². The number of piperazine rings is 1. The molecule has 0 bridgehead atoms. The smallest absolute Gasteiger partial charge is 0.247 e. The molecule has 25 heavy (non-hydrogen) atoms. The number of hydrogen-bond donors (Lipinski definition) is 1. The first-order valence-electron chi connectivity index (χ1n) is 7.93. The van der Waals surface area contributed by atoms with E-state index in [0.717, 1.165) is 23.1 Å². The van der Waals surface area contributed by atoms with Gasteiger partial charge < -0.3 is 15.4 Å². The fraction of sp³-hybridized carbons (Fsp3) is 0.588. The van der Waals surface area contributed by atoms with E-state index in [0.29, 0.717) is 25.7 Å². The van der Waals surface area contributed by atoms with Crippen LogP contribution >= 0.6 is 40.7 Å². The van der Waals surface area contributed by atoms with Crippen LogP contribution in [0.1, 0.15) is 19.4 Å². The van der Waals surface area contributed by atoms with E-state index in [1.807, 2.05) is 29.2 Å². The first kappa shape index (κ1) is 24.6. The van der Waals surface area contributed by atoms with Gasteiger partial charge in [-0.2, -0.15) is 0 Å². The van der Waals surface area contributed by atoms with E-state index in [4.69, 9.17) is 10.5 Å².